The van der Waals surface area contributed by atoms with Crippen LogP contribution in [0.3, 0.4) is 0 Å². The van der Waals surface area contributed by atoms with Gasteiger partial charge in [0, 0.05) is 16.5 Å². The predicted octanol–water partition coefficient (Wildman–Crippen LogP) is 12.4. The Morgan fingerprint density at radius 3 is 1.51 bits per heavy atom. The highest BCUT2D eigenvalue weighted by molar-refractivity contribution is 6.30. The van der Waals surface area contributed by atoms with Crippen LogP contribution in [-0.2, 0) is 9.53 Å². The number of Topliss-reactive ketones (excluding diaryl/α,β-unsaturated/α-hetero) is 1. The van der Waals surface area contributed by atoms with E-state index in [2.05, 4.69) is 163 Å². The number of nitrogens with zero attached hydrogens (tertiary/aromatic N) is 1. The number of allylic oxidation sites excluding steroid dienone is 2. The van der Waals surface area contributed by atoms with Crippen LogP contribution < -0.4 is 4.90 Å². The highest BCUT2D eigenvalue weighted by Crippen LogP contribution is 2.49. The summed E-state index contributed by atoms with van der Waals surface area (Å²) in [7, 11) is 1.62. The van der Waals surface area contributed by atoms with Crippen molar-refractivity contribution < 1.29 is 9.53 Å². The van der Waals surface area contributed by atoms with Crippen molar-refractivity contribution in [2.75, 3.05) is 12.0 Å². The maximum absolute atomic E-state index is 13.0. The fourth-order valence-electron chi connectivity index (χ4n) is 7.38. The van der Waals surface area contributed by atoms with Crippen molar-refractivity contribution in [2.24, 2.45) is 0 Å². The van der Waals surface area contributed by atoms with Crippen molar-refractivity contribution >= 4 is 60.7 Å². The van der Waals surface area contributed by atoms with E-state index in [4.69, 9.17) is 4.74 Å². The molecule has 0 aliphatic heterocycles. The smallest absolute Gasteiger partial charge is 0.163 e. The second-order valence-electron chi connectivity index (χ2n) is 12.4. The molecule has 3 nitrogen and oxygen atoms in total. The summed E-state index contributed by atoms with van der Waals surface area (Å²) in [5.74, 6) is 0.598. The molecule has 49 heavy (non-hydrogen) atoms. The van der Waals surface area contributed by atoms with Crippen LogP contribution in [0.4, 0.5) is 17.1 Å². The zero-order valence-electron chi connectivity index (χ0n) is 27.8. The third kappa shape index (κ3) is 5.12. The lowest BCUT2D eigenvalue weighted by Gasteiger charge is -2.31. The van der Waals surface area contributed by atoms with Gasteiger partial charge in [0.15, 0.2) is 5.78 Å². The lowest BCUT2D eigenvalue weighted by atomic mass is 9.88. The van der Waals surface area contributed by atoms with E-state index in [1.165, 1.54) is 5.39 Å². The predicted molar refractivity (Wildman–Crippen MR) is 206 cm³/mol. The van der Waals surface area contributed by atoms with Crippen LogP contribution in [0.15, 0.2) is 163 Å². The number of carbonyl (C=O) groups is 1. The van der Waals surface area contributed by atoms with Gasteiger partial charge in [-0.25, -0.2) is 0 Å². The molecule has 0 bridgehead atoms. The molecule has 0 aromatic heterocycles. The Balaban J connectivity index is 1.47. The van der Waals surface area contributed by atoms with Gasteiger partial charge in [-0.05, 0) is 75.7 Å². The third-order valence-electron chi connectivity index (χ3n) is 9.62. The number of ether oxygens (including phenoxy) is 1. The monoisotopic (exact) mass is 633 g/mol. The minimum absolute atomic E-state index is 0.0173. The van der Waals surface area contributed by atoms with Gasteiger partial charge >= 0.3 is 0 Å². The number of benzene rings is 8. The van der Waals surface area contributed by atoms with Crippen molar-refractivity contribution in [3.8, 4) is 22.3 Å². The van der Waals surface area contributed by atoms with E-state index in [9.17, 15) is 4.79 Å². The maximum atomic E-state index is 13.0. The summed E-state index contributed by atoms with van der Waals surface area (Å²) in [4.78, 5) is 15.4. The van der Waals surface area contributed by atoms with Gasteiger partial charge in [0.1, 0.15) is 5.76 Å². The molecule has 0 radical (unpaired) electrons. The van der Waals surface area contributed by atoms with Gasteiger partial charge in [0.2, 0.25) is 0 Å². The van der Waals surface area contributed by atoms with Gasteiger partial charge in [0.05, 0.1) is 29.7 Å². The molecule has 0 saturated carbocycles. The number of methoxy groups -OCH3 is 1. The van der Waals surface area contributed by atoms with Crippen LogP contribution in [0.25, 0.3) is 60.1 Å². The number of para-hydroxylation sites is 2. The van der Waals surface area contributed by atoms with E-state index in [0.29, 0.717) is 11.3 Å². The number of rotatable bonds is 8. The quantitative estimate of drug-likeness (QED) is 0.0947. The second-order valence-corrected chi connectivity index (χ2v) is 12.4. The SMILES string of the molecule is CO/C(C)=C(\C(C)=O)c1ccc2ccc3c(N(c4ccccc4-c4ccccc4)c4ccccc4-c4ccccc4)ccc4ccc1c2c43. The molecule has 8 aromatic rings. The van der Waals surface area contributed by atoms with Crippen molar-refractivity contribution in [3.63, 3.8) is 0 Å². The summed E-state index contributed by atoms with van der Waals surface area (Å²) in [6.07, 6.45) is 0. The van der Waals surface area contributed by atoms with E-state index in [0.717, 1.165) is 71.8 Å². The Hall–Kier alpha value is -6.19. The van der Waals surface area contributed by atoms with Crippen molar-refractivity contribution in [3.05, 3.63) is 169 Å². The van der Waals surface area contributed by atoms with Gasteiger partial charge in [0.25, 0.3) is 0 Å². The normalized spacial score (nSPS) is 12.0. The van der Waals surface area contributed by atoms with Crippen LogP contribution in [0.5, 0.6) is 0 Å². The molecule has 0 aliphatic carbocycles. The molecule has 236 valence electrons. The average Bonchev–Trinajstić information content (AvgIpc) is 3.16. The highest BCUT2D eigenvalue weighted by Gasteiger charge is 2.24. The first kappa shape index (κ1) is 30.2. The molecule has 0 atom stereocenters. The Labute approximate surface area is 286 Å². The van der Waals surface area contributed by atoms with Gasteiger partial charge < -0.3 is 9.64 Å². The lowest BCUT2D eigenvalue weighted by Crippen LogP contribution is -2.13. The van der Waals surface area contributed by atoms with E-state index in [1.807, 2.05) is 6.92 Å². The molecular weight excluding hydrogens is 599 g/mol. The van der Waals surface area contributed by atoms with Gasteiger partial charge in [-0.1, -0.05) is 140 Å². The Bertz CT molecular complexity index is 2430. The molecule has 8 rings (SSSR count). The molecule has 0 heterocycles. The van der Waals surface area contributed by atoms with Crippen molar-refractivity contribution in [1.29, 1.82) is 0 Å². The first-order valence-electron chi connectivity index (χ1n) is 16.6. The van der Waals surface area contributed by atoms with Crippen LogP contribution in [0, 0.1) is 0 Å². The average molecular weight is 634 g/mol. The van der Waals surface area contributed by atoms with Crippen LogP contribution in [-0.4, -0.2) is 12.9 Å². The standard InChI is InChI=1S/C46H35NO2/c1-30(48)44(31(2)49-3)38-26-22-34-24-28-40-43(29-25-35-23-27-39(38)45(34)46(35)40)47(41-20-12-10-18-36(41)32-14-6-4-7-15-32)42-21-13-11-19-37(42)33-16-8-5-9-17-33/h4-29H,1-3H3/b44-31+. The molecule has 0 fully saturated rings. The molecule has 3 heteroatoms. The summed E-state index contributed by atoms with van der Waals surface area (Å²) in [6.45, 7) is 3.47. The topological polar surface area (TPSA) is 29.5 Å². The maximum Gasteiger partial charge on any atom is 0.163 e. The number of hydrogen-bond donors (Lipinski definition) is 0. The van der Waals surface area contributed by atoms with Crippen LogP contribution in [0.1, 0.15) is 19.4 Å². The number of hydrogen-bond acceptors (Lipinski definition) is 3. The first-order chi connectivity index (χ1) is 24.0. The van der Waals surface area contributed by atoms with E-state index in [-0.39, 0.29) is 5.78 Å². The second kappa shape index (κ2) is 12.4. The molecule has 0 aliphatic rings. The zero-order valence-corrected chi connectivity index (χ0v) is 27.8. The molecular formula is C46H35NO2. The molecule has 0 N–H and O–H groups in total. The minimum Gasteiger partial charge on any atom is -0.501 e. The highest BCUT2D eigenvalue weighted by atomic mass is 16.5. The van der Waals surface area contributed by atoms with Crippen LogP contribution >= 0.6 is 0 Å². The summed E-state index contributed by atoms with van der Waals surface area (Å²) in [6, 6.07) is 56.0. The van der Waals surface area contributed by atoms with E-state index >= 15 is 0 Å². The fraction of sp³-hybridized carbons (Fsp3) is 0.0652. The summed E-state index contributed by atoms with van der Waals surface area (Å²) in [5, 5.41) is 6.77. The van der Waals surface area contributed by atoms with Gasteiger partial charge in [-0.2, -0.15) is 0 Å². The Morgan fingerprint density at radius 1 is 0.490 bits per heavy atom. The molecule has 0 amide bonds. The van der Waals surface area contributed by atoms with Gasteiger partial charge in [-0.3, -0.25) is 4.79 Å². The summed E-state index contributed by atoms with van der Waals surface area (Å²) >= 11 is 0. The van der Waals surface area contributed by atoms with E-state index in [1.54, 1.807) is 14.0 Å². The third-order valence-corrected chi connectivity index (χ3v) is 9.62. The van der Waals surface area contributed by atoms with E-state index < -0.39 is 0 Å². The number of carbonyl (C=O) groups excluding carboxylic acids is 1. The number of ketones is 1. The van der Waals surface area contributed by atoms with Gasteiger partial charge in [-0.15, -0.1) is 0 Å². The molecule has 0 unspecified atom stereocenters. The zero-order chi connectivity index (χ0) is 33.5. The lowest BCUT2D eigenvalue weighted by molar-refractivity contribution is -0.111. The Kier molecular flexibility index (Phi) is 7.66. The molecule has 8 aromatic carbocycles. The fourth-order valence-corrected chi connectivity index (χ4v) is 7.38. The molecule has 0 spiro atoms. The minimum atomic E-state index is -0.0173. The van der Waals surface area contributed by atoms with Crippen molar-refractivity contribution in [1.82, 2.24) is 0 Å². The van der Waals surface area contributed by atoms with Crippen LogP contribution in [0.2, 0.25) is 0 Å². The summed E-state index contributed by atoms with van der Waals surface area (Å²) in [5.41, 5.74) is 9.34. The number of anilines is 3. The van der Waals surface area contributed by atoms with Crippen molar-refractivity contribution in [2.45, 2.75) is 13.8 Å². The Morgan fingerprint density at radius 2 is 0.959 bits per heavy atom. The molecule has 0 saturated heterocycles. The summed E-state index contributed by atoms with van der Waals surface area (Å²) < 4.78 is 5.61. The largest absolute Gasteiger partial charge is 0.501 e. The first-order valence-corrected chi connectivity index (χ1v) is 16.6.